The molecular weight excluding hydrogens is 448 g/mol. The minimum atomic E-state index is -4.12. The summed E-state index contributed by atoms with van der Waals surface area (Å²) in [6.07, 6.45) is 9.35. The standard InChI is InChI=1S/C24H27ClN2O4S/c1-24-9-7-16-17(20(24)6-5-19(24)15-8-10-27-23(25)12-15)4-3-14-11-22(31-32(26,28)29)21(30-2)13-18(14)16/h5,8,10-13,16-17,20H,3-4,6-7,9H2,1-2H3,(H2,26,28,29)/t16-,17+,20-,24+/m0/s1. The van der Waals surface area contributed by atoms with Crippen molar-refractivity contribution in [2.75, 3.05) is 7.11 Å². The normalized spacial score (nSPS) is 28.9. The molecule has 0 bridgehead atoms. The summed E-state index contributed by atoms with van der Waals surface area (Å²) in [6, 6.07) is 7.79. The SMILES string of the molecule is COc1cc2c(cc1OS(N)(=O)=O)CC[C@@H]1[C@@H]2CC[C@]2(C)C(c3ccnc(Cl)c3)=CC[C@@H]12. The monoisotopic (exact) mass is 474 g/mol. The van der Waals surface area contributed by atoms with E-state index in [0.29, 0.717) is 28.7 Å². The van der Waals surface area contributed by atoms with Gasteiger partial charge in [-0.2, -0.15) is 13.6 Å². The van der Waals surface area contributed by atoms with Crippen molar-refractivity contribution in [3.8, 4) is 11.5 Å². The third kappa shape index (κ3) is 3.60. The van der Waals surface area contributed by atoms with Crippen molar-refractivity contribution in [1.82, 2.24) is 4.98 Å². The lowest BCUT2D eigenvalue weighted by Crippen LogP contribution is -2.40. The van der Waals surface area contributed by atoms with Gasteiger partial charge in [0.1, 0.15) is 5.15 Å². The fourth-order valence-corrected chi connectivity index (χ4v) is 7.07. The first-order valence-electron chi connectivity index (χ1n) is 10.9. The van der Waals surface area contributed by atoms with Crippen molar-refractivity contribution in [1.29, 1.82) is 0 Å². The Morgan fingerprint density at radius 1 is 1.22 bits per heavy atom. The predicted molar refractivity (Wildman–Crippen MR) is 124 cm³/mol. The Morgan fingerprint density at radius 3 is 2.75 bits per heavy atom. The second kappa shape index (κ2) is 7.75. The van der Waals surface area contributed by atoms with Crippen molar-refractivity contribution in [3.05, 3.63) is 58.4 Å². The molecule has 2 aromatic rings. The van der Waals surface area contributed by atoms with Gasteiger partial charge in [0.2, 0.25) is 0 Å². The second-order valence-electron chi connectivity index (χ2n) is 9.37. The Bertz CT molecular complexity index is 1210. The summed E-state index contributed by atoms with van der Waals surface area (Å²) in [5, 5.41) is 5.62. The molecule has 2 N–H and O–H groups in total. The van der Waals surface area contributed by atoms with Gasteiger partial charge in [-0.05, 0) is 102 Å². The van der Waals surface area contributed by atoms with E-state index >= 15 is 0 Å². The molecule has 1 aromatic carbocycles. The first-order valence-corrected chi connectivity index (χ1v) is 12.8. The average molecular weight is 475 g/mol. The minimum Gasteiger partial charge on any atom is -0.493 e. The molecule has 1 aromatic heterocycles. The van der Waals surface area contributed by atoms with Gasteiger partial charge < -0.3 is 8.92 Å². The van der Waals surface area contributed by atoms with Gasteiger partial charge in [0.15, 0.2) is 11.5 Å². The summed E-state index contributed by atoms with van der Waals surface area (Å²) in [6.45, 7) is 2.40. The van der Waals surface area contributed by atoms with Gasteiger partial charge in [-0.1, -0.05) is 24.6 Å². The number of benzene rings is 1. The van der Waals surface area contributed by atoms with Crippen molar-refractivity contribution in [3.63, 3.8) is 0 Å². The molecule has 1 fully saturated rings. The fourth-order valence-electron chi connectivity index (χ4n) is 6.51. The lowest BCUT2D eigenvalue weighted by molar-refractivity contribution is 0.0884. The number of nitrogens with two attached hydrogens (primary N) is 1. The highest BCUT2D eigenvalue weighted by Gasteiger charge is 2.52. The van der Waals surface area contributed by atoms with Crippen LogP contribution in [0.15, 0.2) is 36.5 Å². The summed E-state index contributed by atoms with van der Waals surface area (Å²) in [5.74, 6) is 2.10. The number of nitrogens with zero attached hydrogens (tertiary/aromatic N) is 1. The molecule has 32 heavy (non-hydrogen) atoms. The van der Waals surface area contributed by atoms with E-state index in [-0.39, 0.29) is 11.2 Å². The Hall–Kier alpha value is -2.09. The number of methoxy groups -OCH3 is 1. The topological polar surface area (TPSA) is 91.5 Å². The fraction of sp³-hybridized carbons (Fsp3) is 0.458. The molecular formula is C24H27ClN2O4S. The summed E-state index contributed by atoms with van der Waals surface area (Å²) in [7, 11) is -2.60. The van der Waals surface area contributed by atoms with Gasteiger partial charge in [-0.15, -0.1) is 0 Å². The van der Waals surface area contributed by atoms with Crippen LogP contribution in [0.4, 0.5) is 0 Å². The minimum absolute atomic E-state index is 0.115. The van der Waals surface area contributed by atoms with E-state index in [1.54, 1.807) is 12.3 Å². The van der Waals surface area contributed by atoms with E-state index in [1.807, 2.05) is 12.1 Å². The Balaban J connectivity index is 1.47. The maximum absolute atomic E-state index is 11.5. The van der Waals surface area contributed by atoms with Gasteiger partial charge in [0.05, 0.1) is 7.11 Å². The summed E-state index contributed by atoms with van der Waals surface area (Å²) in [5.41, 5.74) is 5.06. The molecule has 1 saturated carbocycles. The van der Waals surface area contributed by atoms with Crippen molar-refractivity contribution in [2.45, 2.75) is 44.9 Å². The van der Waals surface area contributed by atoms with E-state index in [9.17, 15) is 8.42 Å². The van der Waals surface area contributed by atoms with Crippen LogP contribution in [0, 0.1) is 17.3 Å². The zero-order valence-electron chi connectivity index (χ0n) is 18.2. The van der Waals surface area contributed by atoms with Crippen LogP contribution in [0.2, 0.25) is 5.15 Å². The lowest BCUT2D eigenvalue weighted by atomic mass is 9.54. The van der Waals surface area contributed by atoms with E-state index in [2.05, 4.69) is 24.1 Å². The molecule has 0 saturated heterocycles. The maximum Gasteiger partial charge on any atom is 0.380 e. The number of halogens is 1. The van der Waals surface area contributed by atoms with Gasteiger partial charge in [-0.3, -0.25) is 0 Å². The molecule has 0 amide bonds. The van der Waals surface area contributed by atoms with Crippen molar-refractivity contribution in [2.24, 2.45) is 22.4 Å². The van der Waals surface area contributed by atoms with Crippen molar-refractivity contribution >= 4 is 27.5 Å². The molecule has 0 radical (unpaired) electrons. The zero-order valence-corrected chi connectivity index (χ0v) is 19.7. The third-order valence-electron chi connectivity index (χ3n) is 7.83. The quantitative estimate of drug-likeness (QED) is 0.638. The predicted octanol–water partition coefficient (Wildman–Crippen LogP) is 4.88. The van der Waals surface area contributed by atoms with Crippen LogP contribution in [-0.2, 0) is 16.7 Å². The van der Waals surface area contributed by atoms with Gasteiger partial charge in [-0.25, -0.2) is 4.98 Å². The molecule has 0 aliphatic heterocycles. The van der Waals surface area contributed by atoms with Crippen LogP contribution >= 0.6 is 11.6 Å². The third-order valence-corrected chi connectivity index (χ3v) is 8.45. The number of hydrogen-bond donors (Lipinski definition) is 1. The highest BCUT2D eigenvalue weighted by molar-refractivity contribution is 7.84. The van der Waals surface area contributed by atoms with Crippen LogP contribution in [0.3, 0.4) is 0 Å². The Kier molecular flexibility index (Phi) is 5.26. The first-order chi connectivity index (χ1) is 15.2. The molecule has 3 aliphatic rings. The van der Waals surface area contributed by atoms with Crippen LogP contribution in [0.5, 0.6) is 11.5 Å². The maximum atomic E-state index is 11.5. The number of pyridine rings is 1. The van der Waals surface area contributed by atoms with E-state index in [4.69, 9.17) is 25.7 Å². The Labute approximate surface area is 194 Å². The molecule has 0 unspecified atom stereocenters. The zero-order chi connectivity index (χ0) is 22.7. The highest BCUT2D eigenvalue weighted by Crippen LogP contribution is 2.63. The molecule has 8 heteroatoms. The van der Waals surface area contributed by atoms with Crippen LogP contribution in [-0.4, -0.2) is 20.5 Å². The highest BCUT2D eigenvalue weighted by atomic mass is 35.5. The number of hydrogen-bond acceptors (Lipinski definition) is 5. The molecule has 1 heterocycles. The lowest BCUT2D eigenvalue weighted by Gasteiger charge is -2.50. The summed E-state index contributed by atoms with van der Waals surface area (Å²) >= 11 is 6.19. The van der Waals surface area contributed by atoms with Gasteiger partial charge in [0.25, 0.3) is 0 Å². The van der Waals surface area contributed by atoms with E-state index in [1.165, 1.54) is 23.8 Å². The number of ether oxygens (including phenoxy) is 1. The molecule has 3 aliphatic carbocycles. The number of aryl methyl sites for hydroxylation is 1. The van der Waals surface area contributed by atoms with E-state index < -0.39 is 10.3 Å². The second-order valence-corrected chi connectivity index (χ2v) is 10.9. The smallest absolute Gasteiger partial charge is 0.380 e. The molecule has 0 spiro atoms. The van der Waals surface area contributed by atoms with Crippen LogP contribution in [0.25, 0.3) is 5.57 Å². The largest absolute Gasteiger partial charge is 0.493 e. The first kappa shape index (κ1) is 21.7. The average Bonchev–Trinajstić information content (AvgIpc) is 3.09. The molecule has 6 nitrogen and oxygen atoms in total. The summed E-state index contributed by atoms with van der Waals surface area (Å²) < 4.78 is 33.4. The molecule has 4 atom stereocenters. The van der Waals surface area contributed by atoms with Crippen LogP contribution < -0.4 is 14.1 Å². The number of allylic oxidation sites excluding steroid dienone is 2. The van der Waals surface area contributed by atoms with Gasteiger partial charge >= 0.3 is 10.3 Å². The number of rotatable bonds is 4. The molecule has 170 valence electrons. The van der Waals surface area contributed by atoms with E-state index in [0.717, 1.165) is 37.7 Å². The van der Waals surface area contributed by atoms with Crippen molar-refractivity contribution < 1.29 is 17.3 Å². The van der Waals surface area contributed by atoms with Gasteiger partial charge in [0, 0.05) is 6.20 Å². The molecule has 5 rings (SSSR count). The number of aromatic nitrogens is 1. The van der Waals surface area contributed by atoms with Crippen LogP contribution in [0.1, 0.15) is 55.2 Å². The summed E-state index contributed by atoms with van der Waals surface area (Å²) in [4.78, 5) is 4.14. The number of fused-ring (bicyclic) bond motifs is 5. The Morgan fingerprint density at radius 2 is 2.03 bits per heavy atom.